The number of methoxy groups -OCH3 is 1. The maximum atomic E-state index is 10.6. The number of likely N-dealkylation sites (N-methyl/N-ethyl adjacent to an activating group) is 1. The van der Waals surface area contributed by atoms with E-state index < -0.39 is 0 Å². The summed E-state index contributed by atoms with van der Waals surface area (Å²) in [6.45, 7) is 5.52. The van der Waals surface area contributed by atoms with Gasteiger partial charge in [-0.25, -0.2) is 0 Å². The number of ether oxygens (including phenoxy) is 2. The van der Waals surface area contributed by atoms with Crippen LogP contribution in [0, 0.1) is 6.92 Å². The van der Waals surface area contributed by atoms with Crippen LogP contribution in [-0.4, -0.2) is 51.3 Å². The normalized spacial score (nSPS) is 9.92. The first-order valence-corrected chi connectivity index (χ1v) is 3.82. The minimum absolute atomic E-state index is 0.189. The Bertz CT molecular complexity index is 127. The Kier molecular flexibility index (Phi) is 6.70. The highest BCUT2D eigenvalue weighted by atomic mass is 16.5. The Morgan fingerprint density at radius 1 is 1.42 bits per heavy atom. The summed E-state index contributed by atoms with van der Waals surface area (Å²) in [6, 6.07) is 0. The fourth-order valence-corrected chi connectivity index (χ4v) is 0.571. The average Bonchev–Trinajstić information content (AvgIpc) is 2.03. The van der Waals surface area contributed by atoms with Gasteiger partial charge < -0.3 is 14.4 Å². The lowest BCUT2D eigenvalue weighted by molar-refractivity contribution is -0.125. The van der Waals surface area contributed by atoms with Crippen molar-refractivity contribution < 1.29 is 14.3 Å². The van der Waals surface area contributed by atoms with Crippen molar-refractivity contribution in [1.29, 1.82) is 0 Å². The van der Waals surface area contributed by atoms with E-state index in [-0.39, 0.29) is 5.91 Å². The zero-order valence-electron chi connectivity index (χ0n) is 7.71. The summed E-state index contributed by atoms with van der Waals surface area (Å²) < 4.78 is 9.93. The second kappa shape index (κ2) is 7.06. The molecule has 0 unspecified atom stereocenters. The molecule has 0 aliphatic heterocycles. The van der Waals surface area contributed by atoms with Crippen molar-refractivity contribution in [3.63, 3.8) is 0 Å². The summed E-state index contributed by atoms with van der Waals surface area (Å²) in [6.07, 6.45) is 0. The predicted molar refractivity (Wildman–Crippen MR) is 45.7 cm³/mol. The molecular weight excluding hydrogens is 158 g/mol. The first-order chi connectivity index (χ1) is 5.68. The molecule has 0 saturated heterocycles. The topological polar surface area (TPSA) is 38.8 Å². The minimum Gasteiger partial charge on any atom is -0.382 e. The molecule has 0 heterocycles. The third kappa shape index (κ3) is 6.12. The Balaban J connectivity index is 3.14. The molecule has 0 aromatic rings. The number of carbonyl (C=O) groups excluding carboxylic acids is 1. The highest BCUT2D eigenvalue weighted by Crippen LogP contribution is 1.83. The SMILES string of the molecule is [CH2]C(=O)N(C)CCOCCOC. The zero-order chi connectivity index (χ0) is 9.40. The Hall–Kier alpha value is -0.610. The molecule has 0 aromatic carbocycles. The molecule has 0 aliphatic carbocycles. The summed E-state index contributed by atoms with van der Waals surface area (Å²) >= 11 is 0. The van der Waals surface area contributed by atoms with Gasteiger partial charge in [0, 0.05) is 27.6 Å². The Labute approximate surface area is 73.4 Å². The van der Waals surface area contributed by atoms with Crippen molar-refractivity contribution >= 4 is 5.91 Å². The standard InChI is InChI=1S/C8H16NO3/c1-8(10)9(2)4-5-12-7-6-11-3/h1,4-7H2,2-3H3. The third-order valence-electron chi connectivity index (χ3n) is 1.43. The van der Waals surface area contributed by atoms with Gasteiger partial charge in [-0.05, 0) is 0 Å². The molecule has 0 atom stereocenters. The van der Waals surface area contributed by atoms with Gasteiger partial charge >= 0.3 is 0 Å². The summed E-state index contributed by atoms with van der Waals surface area (Å²) in [5, 5.41) is 0. The molecule has 0 bridgehead atoms. The highest BCUT2D eigenvalue weighted by Gasteiger charge is 2.00. The number of hydrogen-bond donors (Lipinski definition) is 0. The monoisotopic (exact) mass is 174 g/mol. The number of hydrogen-bond acceptors (Lipinski definition) is 3. The molecule has 4 nitrogen and oxygen atoms in total. The quantitative estimate of drug-likeness (QED) is 0.530. The van der Waals surface area contributed by atoms with Crippen LogP contribution < -0.4 is 0 Å². The van der Waals surface area contributed by atoms with Gasteiger partial charge in [-0.2, -0.15) is 0 Å². The second-order valence-electron chi connectivity index (χ2n) is 2.42. The molecule has 0 N–H and O–H groups in total. The average molecular weight is 174 g/mol. The molecule has 12 heavy (non-hydrogen) atoms. The molecule has 1 amide bonds. The van der Waals surface area contributed by atoms with Crippen LogP contribution in [-0.2, 0) is 14.3 Å². The van der Waals surface area contributed by atoms with Gasteiger partial charge in [0.1, 0.15) is 0 Å². The maximum Gasteiger partial charge on any atom is 0.222 e. The van der Waals surface area contributed by atoms with Crippen LogP contribution in [0.15, 0.2) is 0 Å². The van der Waals surface area contributed by atoms with Crippen molar-refractivity contribution in [3.05, 3.63) is 6.92 Å². The number of rotatable bonds is 6. The third-order valence-corrected chi connectivity index (χ3v) is 1.43. The predicted octanol–water partition coefficient (Wildman–Crippen LogP) is -0.0581. The van der Waals surface area contributed by atoms with Crippen LogP contribution in [0.3, 0.4) is 0 Å². The summed E-state index contributed by atoms with van der Waals surface area (Å²) in [4.78, 5) is 12.1. The molecule has 0 aromatic heterocycles. The molecule has 0 fully saturated rings. The fraction of sp³-hybridized carbons (Fsp3) is 0.750. The van der Waals surface area contributed by atoms with Gasteiger partial charge in [-0.1, -0.05) is 0 Å². The molecule has 1 radical (unpaired) electrons. The van der Waals surface area contributed by atoms with Gasteiger partial charge in [0.15, 0.2) is 0 Å². The number of nitrogens with zero attached hydrogens (tertiary/aromatic N) is 1. The highest BCUT2D eigenvalue weighted by molar-refractivity contribution is 5.79. The van der Waals surface area contributed by atoms with Crippen LogP contribution in [0.4, 0.5) is 0 Å². The van der Waals surface area contributed by atoms with E-state index in [0.29, 0.717) is 26.4 Å². The Morgan fingerprint density at radius 3 is 2.58 bits per heavy atom. The lowest BCUT2D eigenvalue weighted by Crippen LogP contribution is -2.28. The molecule has 0 spiro atoms. The van der Waals surface area contributed by atoms with Gasteiger partial charge in [-0.3, -0.25) is 4.79 Å². The van der Waals surface area contributed by atoms with E-state index in [1.807, 2.05) is 0 Å². The summed E-state index contributed by atoms with van der Waals surface area (Å²) in [7, 11) is 3.31. The second-order valence-corrected chi connectivity index (χ2v) is 2.42. The summed E-state index contributed by atoms with van der Waals surface area (Å²) in [5.74, 6) is -0.189. The van der Waals surface area contributed by atoms with E-state index in [9.17, 15) is 4.79 Å². The van der Waals surface area contributed by atoms with E-state index in [1.54, 1.807) is 14.2 Å². The molecular formula is C8H16NO3. The molecule has 0 aliphatic rings. The van der Waals surface area contributed by atoms with E-state index in [2.05, 4.69) is 6.92 Å². The Morgan fingerprint density at radius 2 is 2.08 bits per heavy atom. The lowest BCUT2D eigenvalue weighted by Gasteiger charge is -2.13. The van der Waals surface area contributed by atoms with Gasteiger partial charge in [0.05, 0.1) is 19.8 Å². The largest absolute Gasteiger partial charge is 0.382 e. The van der Waals surface area contributed by atoms with Crippen LogP contribution >= 0.6 is 0 Å². The molecule has 0 rings (SSSR count). The minimum atomic E-state index is -0.189. The molecule has 0 saturated carbocycles. The number of amides is 1. The lowest BCUT2D eigenvalue weighted by atomic mass is 10.5. The maximum absolute atomic E-state index is 10.6. The van der Waals surface area contributed by atoms with Crippen molar-refractivity contribution in [2.45, 2.75) is 0 Å². The van der Waals surface area contributed by atoms with Gasteiger partial charge in [0.2, 0.25) is 5.91 Å². The number of carbonyl (C=O) groups is 1. The van der Waals surface area contributed by atoms with E-state index in [4.69, 9.17) is 9.47 Å². The zero-order valence-corrected chi connectivity index (χ0v) is 7.71. The van der Waals surface area contributed by atoms with Crippen LogP contribution in [0.5, 0.6) is 0 Å². The van der Waals surface area contributed by atoms with Crippen LogP contribution in [0.2, 0.25) is 0 Å². The first-order valence-electron chi connectivity index (χ1n) is 3.82. The molecule has 71 valence electrons. The van der Waals surface area contributed by atoms with E-state index in [1.165, 1.54) is 4.90 Å². The van der Waals surface area contributed by atoms with Crippen molar-refractivity contribution in [3.8, 4) is 0 Å². The first kappa shape index (κ1) is 11.4. The van der Waals surface area contributed by atoms with Crippen LogP contribution in [0.1, 0.15) is 0 Å². The van der Waals surface area contributed by atoms with E-state index >= 15 is 0 Å². The smallest absolute Gasteiger partial charge is 0.222 e. The van der Waals surface area contributed by atoms with Crippen molar-refractivity contribution in [1.82, 2.24) is 4.90 Å². The van der Waals surface area contributed by atoms with Crippen molar-refractivity contribution in [2.24, 2.45) is 0 Å². The van der Waals surface area contributed by atoms with E-state index in [0.717, 1.165) is 0 Å². The summed E-state index contributed by atoms with van der Waals surface area (Å²) in [5.41, 5.74) is 0. The van der Waals surface area contributed by atoms with Gasteiger partial charge in [-0.15, -0.1) is 0 Å². The molecule has 4 heteroatoms. The fourth-order valence-electron chi connectivity index (χ4n) is 0.571. The van der Waals surface area contributed by atoms with Crippen LogP contribution in [0.25, 0.3) is 0 Å². The van der Waals surface area contributed by atoms with Gasteiger partial charge in [0.25, 0.3) is 0 Å². The van der Waals surface area contributed by atoms with Crippen molar-refractivity contribution in [2.75, 3.05) is 40.5 Å².